The smallest absolute Gasteiger partial charge is 0.328 e. The Morgan fingerprint density at radius 3 is 1.90 bits per heavy atom. The quantitative estimate of drug-likeness (QED) is 0.204. The number of rotatable bonds is 14. The normalized spacial score (nSPS) is 17.1. The number of carbonyl (C=O) groups is 4. The van der Waals surface area contributed by atoms with Crippen LogP contribution in [0.2, 0.25) is 0 Å². The van der Waals surface area contributed by atoms with Gasteiger partial charge in [-0.05, 0) is 37.2 Å². The average Bonchev–Trinajstić information content (AvgIpc) is 2.70. The number of nitrogens with two attached hydrogens (primary N) is 1. The van der Waals surface area contributed by atoms with E-state index in [1.54, 1.807) is 13.8 Å². The van der Waals surface area contributed by atoms with Gasteiger partial charge >= 0.3 is 5.97 Å². The minimum Gasteiger partial charge on any atom is -0.480 e. The molecule has 0 heterocycles. The second-order valence-corrected chi connectivity index (χ2v) is 9.03. The van der Waals surface area contributed by atoms with E-state index in [-0.39, 0.29) is 11.8 Å². The van der Waals surface area contributed by atoms with Gasteiger partial charge in [-0.15, -0.1) is 0 Å². The fourth-order valence-corrected chi connectivity index (χ4v) is 3.18. The third kappa shape index (κ3) is 9.88. The molecular formula is C20H38N4O6S. The molecule has 0 aromatic carbocycles. The van der Waals surface area contributed by atoms with E-state index in [2.05, 4.69) is 16.0 Å². The van der Waals surface area contributed by atoms with Crippen LogP contribution in [0.5, 0.6) is 0 Å². The van der Waals surface area contributed by atoms with Gasteiger partial charge in [0.1, 0.15) is 12.1 Å². The van der Waals surface area contributed by atoms with Gasteiger partial charge in [0.05, 0.1) is 12.1 Å². The van der Waals surface area contributed by atoms with Crippen LogP contribution in [0.4, 0.5) is 0 Å². The van der Waals surface area contributed by atoms with Gasteiger partial charge in [-0.2, -0.15) is 11.8 Å². The molecule has 0 aromatic heterocycles. The van der Waals surface area contributed by atoms with Gasteiger partial charge in [-0.1, -0.05) is 34.1 Å². The van der Waals surface area contributed by atoms with E-state index in [0.29, 0.717) is 18.6 Å². The Morgan fingerprint density at radius 1 is 0.935 bits per heavy atom. The lowest BCUT2D eigenvalue weighted by Crippen LogP contribution is -2.59. The molecule has 0 bridgehead atoms. The highest BCUT2D eigenvalue weighted by Crippen LogP contribution is 2.09. The van der Waals surface area contributed by atoms with Crippen molar-refractivity contribution in [2.45, 2.75) is 77.7 Å². The van der Waals surface area contributed by atoms with Crippen LogP contribution in [0.15, 0.2) is 0 Å². The summed E-state index contributed by atoms with van der Waals surface area (Å²) in [6.45, 7) is 8.39. The van der Waals surface area contributed by atoms with Gasteiger partial charge in [-0.25, -0.2) is 4.79 Å². The number of hydrogen-bond donors (Lipinski definition) is 6. The maximum Gasteiger partial charge on any atom is 0.328 e. The molecule has 0 aliphatic carbocycles. The van der Waals surface area contributed by atoms with E-state index in [9.17, 15) is 29.4 Å². The highest BCUT2D eigenvalue weighted by molar-refractivity contribution is 7.98. The molecule has 0 aliphatic rings. The first-order chi connectivity index (χ1) is 14.4. The first-order valence-corrected chi connectivity index (χ1v) is 11.8. The zero-order chi connectivity index (χ0) is 24.3. The molecule has 3 amide bonds. The Morgan fingerprint density at radius 2 is 1.48 bits per heavy atom. The van der Waals surface area contributed by atoms with Crippen molar-refractivity contribution < 1.29 is 29.4 Å². The number of carboxylic acids is 1. The number of aliphatic carboxylic acids is 1. The van der Waals surface area contributed by atoms with Crippen molar-refractivity contribution in [3.8, 4) is 0 Å². The van der Waals surface area contributed by atoms with Crippen LogP contribution < -0.4 is 21.7 Å². The fourth-order valence-electron chi connectivity index (χ4n) is 2.71. The van der Waals surface area contributed by atoms with Crippen molar-refractivity contribution in [2.24, 2.45) is 17.6 Å². The standard InChI is InChI=1S/C20H38N4O6S/c1-7-11(4)14(21)18(27)22-13(8-9-31-6)17(26)23-15(10(2)3)19(28)24-16(12(5)25)20(29)30/h10-16,25H,7-9,21H2,1-6H3,(H,22,27)(H,23,26)(H,24,28)(H,29,30). The highest BCUT2D eigenvalue weighted by atomic mass is 32.2. The van der Waals surface area contributed by atoms with Crippen LogP contribution in [0, 0.1) is 11.8 Å². The summed E-state index contributed by atoms with van der Waals surface area (Å²) >= 11 is 1.51. The van der Waals surface area contributed by atoms with Crippen molar-refractivity contribution in [2.75, 3.05) is 12.0 Å². The molecule has 0 rings (SSSR count). The van der Waals surface area contributed by atoms with E-state index in [1.807, 2.05) is 20.1 Å². The maximum absolute atomic E-state index is 12.9. The van der Waals surface area contributed by atoms with Gasteiger partial charge in [0.25, 0.3) is 0 Å². The van der Waals surface area contributed by atoms with Gasteiger partial charge < -0.3 is 31.9 Å². The van der Waals surface area contributed by atoms with Crippen LogP contribution in [-0.2, 0) is 19.2 Å². The summed E-state index contributed by atoms with van der Waals surface area (Å²) < 4.78 is 0. The summed E-state index contributed by atoms with van der Waals surface area (Å²) in [5.74, 6) is -2.96. The molecule has 31 heavy (non-hydrogen) atoms. The molecule has 0 radical (unpaired) electrons. The molecule has 0 saturated heterocycles. The van der Waals surface area contributed by atoms with Crippen molar-refractivity contribution in [1.82, 2.24) is 16.0 Å². The lowest BCUT2D eigenvalue weighted by atomic mass is 9.98. The van der Waals surface area contributed by atoms with E-state index < -0.39 is 54.0 Å². The van der Waals surface area contributed by atoms with Gasteiger partial charge in [0.2, 0.25) is 17.7 Å². The van der Waals surface area contributed by atoms with Crippen molar-refractivity contribution in [1.29, 1.82) is 0 Å². The molecule has 0 fully saturated rings. The van der Waals surface area contributed by atoms with Crippen LogP contribution in [0.1, 0.15) is 47.5 Å². The lowest BCUT2D eigenvalue weighted by molar-refractivity contribution is -0.145. The Kier molecular flexibility index (Phi) is 13.4. The van der Waals surface area contributed by atoms with E-state index in [0.717, 1.165) is 0 Å². The van der Waals surface area contributed by atoms with Gasteiger partial charge in [0, 0.05) is 0 Å². The van der Waals surface area contributed by atoms with Gasteiger partial charge in [-0.3, -0.25) is 14.4 Å². The van der Waals surface area contributed by atoms with Crippen LogP contribution in [0.3, 0.4) is 0 Å². The average molecular weight is 463 g/mol. The molecular weight excluding hydrogens is 424 g/mol. The highest BCUT2D eigenvalue weighted by Gasteiger charge is 2.33. The lowest BCUT2D eigenvalue weighted by Gasteiger charge is -2.28. The minimum atomic E-state index is -1.51. The van der Waals surface area contributed by atoms with Crippen molar-refractivity contribution >= 4 is 35.5 Å². The summed E-state index contributed by atoms with van der Waals surface area (Å²) in [5, 5.41) is 26.3. The second kappa shape index (κ2) is 14.3. The van der Waals surface area contributed by atoms with Crippen molar-refractivity contribution in [3.05, 3.63) is 0 Å². The summed E-state index contributed by atoms with van der Waals surface area (Å²) in [5.41, 5.74) is 5.97. The van der Waals surface area contributed by atoms with E-state index in [1.165, 1.54) is 18.7 Å². The van der Waals surface area contributed by atoms with Crippen LogP contribution >= 0.6 is 11.8 Å². The number of hydrogen-bond acceptors (Lipinski definition) is 7. The molecule has 0 aromatic rings. The topological polar surface area (TPSA) is 171 Å². The molecule has 11 heteroatoms. The van der Waals surface area contributed by atoms with Crippen LogP contribution in [0.25, 0.3) is 0 Å². The number of amides is 3. The molecule has 0 saturated carbocycles. The Labute approximate surface area is 188 Å². The van der Waals surface area contributed by atoms with Gasteiger partial charge in [0.15, 0.2) is 6.04 Å². The summed E-state index contributed by atoms with van der Waals surface area (Å²) in [6, 6.07) is -4.21. The maximum atomic E-state index is 12.9. The van der Waals surface area contributed by atoms with E-state index >= 15 is 0 Å². The number of aliphatic hydroxyl groups excluding tert-OH is 1. The largest absolute Gasteiger partial charge is 0.480 e. The predicted molar refractivity (Wildman–Crippen MR) is 120 cm³/mol. The third-order valence-electron chi connectivity index (χ3n) is 5.10. The zero-order valence-corrected chi connectivity index (χ0v) is 20.0. The summed E-state index contributed by atoms with van der Waals surface area (Å²) in [4.78, 5) is 49.3. The number of nitrogens with one attached hydrogen (secondary N) is 3. The Balaban J connectivity index is 5.41. The number of carbonyl (C=O) groups excluding carboxylic acids is 3. The SMILES string of the molecule is CCC(C)C(N)C(=O)NC(CCSC)C(=O)NC(C(=O)NC(C(=O)O)C(C)O)C(C)C. The second-order valence-electron chi connectivity index (χ2n) is 8.05. The predicted octanol–water partition coefficient (Wildman–Crippen LogP) is -0.311. The Hall–Kier alpha value is -1.85. The third-order valence-corrected chi connectivity index (χ3v) is 5.74. The monoisotopic (exact) mass is 462 g/mol. The molecule has 7 N–H and O–H groups in total. The fraction of sp³-hybridized carbons (Fsp3) is 0.800. The van der Waals surface area contributed by atoms with Crippen LogP contribution in [-0.4, -0.2) is 76.2 Å². The molecule has 6 atom stereocenters. The van der Waals surface area contributed by atoms with E-state index in [4.69, 9.17) is 5.73 Å². The number of thioether (sulfide) groups is 1. The van der Waals surface area contributed by atoms with Crippen molar-refractivity contribution in [3.63, 3.8) is 0 Å². The number of carboxylic acid groups (broad SMARTS) is 1. The molecule has 180 valence electrons. The molecule has 0 spiro atoms. The summed E-state index contributed by atoms with van der Waals surface area (Å²) in [7, 11) is 0. The molecule has 10 nitrogen and oxygen atoms in total. The summed E-state index contributed by atoms with van der Waals surface area (Å²) in [6.07, 6.45) is 1.60. The molecule has 6 unspecified atom stereocenters. The minimum absolute atomic E-state index is 0.0631. The first-order valence-electron chi connectivity index (χ1n) is 10.4. The zero-order valence-electron chi connectivity index (χ0n) is 19.2. The first kappa shape index (κ1) is 29.1. The molecule has 0 aliphatic heterocycles. The number of aliphatic hydroxyl groups is 1. The Bertz CT molecular complexity index is 616.